The van der Waals surface area contributed by atoms with E-state index in [4.69, 9.17) is 4.74 Å². The van der Waals surface area contributed by atoms with Crippen LogP contribution in [0.1, 0.15) is 21.5 Å². The monoisotopic (exact) mass is 466 g/mol. The van der Waals surface area contributed by atoms with Crippen LogP contribution in [0.25, 0.3) is 17.0 Å². The number of piperazine rings is 1. The molecule has 7 nitrogen and oxygen atoms in total. The quantitative estimate of drug-likeness (QED) is 0.454. The molecule has 0 aliphatic carbocycles. The highest BCUT2D eigenvalue weighted by atomic mass is 16.5. The number of Topliss-reactive ketones (excluding diaryl/α,β-unsaturated/α-hetero) is 1. The molecule has 2 aromatic heterocycles. The average Bonchev–Trinajstić information content (AvgIpc) is 3.38. The number of aromatic hydroxyl groups is 1. The molecule has 0 radical (unpaired) electrons. The predicted octanol–water partition coefficient (Wildman–Crippen LogP) is 4.22. The first kappa shape index (κ1) is 21.4. The number of anilines is 1. The highest BCUT2D eigenvalue weighted by Gasteiger charge is 2.32. The van der Waals surface area contributed by atoms with Crippen molar-refractivity contribution in [1.29, 1.82) is 0 Å². The van der Waals surface area contributed by atoms with Gasteiger partial charge in [-0.15, -0.1) is 0 Å². The summed E-state index contributed by atoms with van der Waals surface area (Å²) < 4.78 is 8.16. The molecule has 0 bridgehead atoms. The number of aryl methyl sites for hydroxylation is 1. The molecule has 1 saturated heterocycles. The Hall–Kier alpha value is -4.10. The van der Waals surface area contributed by atoms with Crippen LogP contribution in [0.4, 0.5) is 5.82 Å². The third-order valence-corrected chi connectivity index (χ3v) is 6.86. The van der Waals surface area contributed by atoms with Crippen molar-refractivity contribution in [3.63, 3.8) is 0 Å². The zero-order valence-electron chi connectivity index (χ0n) is 19.5. The SMILES string of the molecule is Cn1cc(/C=C2/Oc3c(ccc(O)c3CN3CCN(c4ccccn4)CC3)C2=O)c2ccccc21. The normalized spacial score (nSPS) is 17.2. The van der Waals surface area contributed by atoms with Gasteiger partial charge in [-0.2, -0.15) is 0 Å². The van der Waals surface area contributed by atoms with Crippen LogP contribution in [-0.2, 0) is 13.6 Å². The van der Waals surface area contributed by atoms with Gasteiger partial charge in [0.25, 0.3) is 0 Å². The topological polar surface area (TPSA) is 70.8 Å². The number of allylic oxidation sites excluding steroid dienone is 1. The molecule has 7 heteroatoms. The number of aromatic nitrogens is 2. The summed E-state index contributed by atoms with van der Waals surface area (Å²) in [6, 6.07) is 17.3. The van der Waals surface area contributed by atoms with Gasteiger partial charge in [-0.05, 0) is 36.4 Å². The molecule has 1 fully saturated rings. The molecule has 0 amide bonds. The third kappa shape index (κ3) is 3.84. The zero-order valence-corrected chi connectivity index (χ0v) is 19.5. The summed E-state index contributed by atoms with van der Waals surface area (Å²) in [5, 5.41) is 11.7. The number of fused-ring (bicyclic) bond motifs is 2. The number of para-hydroxylation sites is 1. The van der Waals surface area contributed by atoms with Gasteiger partial charge >= 0.3 is 0 Å². The zero-order chi connectivity index (χ0) is 23.9. The number of phenols is 1. The molecular formula is C28H26N4O3. The Kier molecular flexibility index (Phi) is 5.26. The van der Waals surface area contributed by atoms with Gasteiger partial charge in [-0.3, -0.25) is 9.69 Å². The van der Waals surface area contributed by atoms with Crippen molar-refractivity contribution in [2.75, 3.05) is 31.1 Å². The summed E-state index contributed by atoms with van der Waals surface area (Å²) in [4.78, 5) is 22.2. The number of carbonyl (C=O) groups is 1. The molecule has 2 aliphatic heterocycles. The molecule has 2 aliphatic rings. The van der Waals surface area contributed by atoms with Crippen LogP contribution in [0, 0.1) is 0 Å². The van der Waals surface area contributed by atoms with Gasteiger partial charge in [0.05, 0.1) is 11.1 Å². The molecule has 0 saturated carbocycles. The first-order valence-corrected chi connectivity index (χ1v) is 11.8. The van der Waals surface area contributed by atoms with Crippen LogP contribution in [0.3, 0.4) is 0 Å². The van der Waals surface area contributed by atoms with E-state index in [2.05, 4.69) is 14.8 Å². The lowest BCUT2D eigenvalue weighted by atomic mass is 10.0. The Morgan fingerprint density at radius 2 is 1.83 bits per heavy atom. The number of rotatable bonds is 4. The van der Waals surface area contributed by atoms with Gasteiger partial charge < -0.3 is 19.3 Å². The second-order valence-electron chi connectivity index (χ2n) is 9.04. The van der Waals surface area contributed by atoms with E-state index in [0.717, 1.165) is 48.5 Å². The minimum atomic E-state index is -0.158. The first-order chi connectivity index (χ1) is 17.1. The van der Waals surface area contributed by atoms with Crippen LogP contribution >= 0.6 is 0 Å². The maximum absolute atomic E-state index is 13.2. The number of nitrogens with zero attached hydrogens (tertiary/aromatic N) is 4. The fraction of sp³-hybridized carbons (Fsp3) is 0.214. The highest BCUT2D eigenvalue weighted by Crippen LogP contribution is 2.40. The number of ether oxygens (including phenoxy) is 1. The fourth-order valence-corrected chi connectivity index (χ4v) is 4.98. The molecular weight excluding hydrogens is 440 g/mol. The smallest absolute Gasteiger partial charge is 0.231 e. The van der Waals surface area contributed by atoms with E-state index in [0.29, 0.717) is 23.4 Å². The lowest BCUT2D eigenvalue weighted by Crippen LogP contribution is -2.46. The first-order valence-electron chi connectivity index (χ1n) is 11.8. The summed E-state index contributed by atoms with van der Waals surface area (Å²) >= 11 is 0. The van der Waals surface area contributed by atoms with Gasteiger partial charge in [-0.25, -0.2) is 4.98 Å². The molecule has 2 aromatic carbocycles. The molecule has 0 atom stereocenters. The molecule has 176 valence electrons. The van der Waals surface area contributed by atoms with Gasteiger partial charge in [-0.1, -0.05) is 24.3 Å². The molecule has 35 heavy (non-hydrogen) atoms. The van der Waals surface area contributed by atoms with Crippen molar-refractivity contribution in [2.24, 2.45) is 7.05 Å². The Morgan fingerprint density at radius 1 is 1.03 bits per heavy atom. The van der Waals surface area contributed by atoms with Crippen molar-refractivity contribution in [3.8, 4) is 11.5 Å². The second kappa shape index (κ2) is 8.60. The second-order valence-corrected chi connectivity index (χ2v) is 9.04. The van der Waals surface area contributed by atoms with Gasteiger partial charge in [0.15, 0.2) is 5.76 Å². The lowest BCUT2D eigenvalue weighted by molar-refractivity contribution is 0.101. The Balaban J connectivity index is 1.24. The van der Waals surface area contributed by atoms with Crippen molar-refractivity contribution in [1.82, 2.24) is 14.5 Å². The maximum Gasteiger partial charge on any atom is 0.231 e. The van der Waals surface area contributed by atoms with Gasteiger partial charge in [0, 0.05) is 68.6 Å². The molecule has 4 aromatic rings. The Bertz CT molecular complexity index is 1450. The molecule has 1 N–H and O–H groups in total. The third-order valence-electron chi connectivity index (χ3n) is 6.86. The van der Waals surface area contributed by atoms with Crippen molar-refractivity contribution >= 4 is 28.6 Å². The number of carbonyl (C=O) groups excluding carboxylic acids is 1. The maximum atomic E-state index is 13.2. The van der Waals surface area contributed by atoms with E-state index in [9.17, 15) is 9.90 Å². The number of phenolic OH excluding ortho intramolecular Hbond substituents is 1. The van der Waals surface area contributed by atoms with Crippen LogP contribution in [0.5, 0.6) is 11.5 Å². The number of hydrogen-bond acceptors (Lipinski definition) is 6. The lowest BCUT2D eigenvalue weighted by Gasteiger charge is -2.35. The summed E-state index contributed by atoms with van der Waals surface area (Å²) in [5.41, 5.74) is 3.17. The summed E-state index contributed by atoms with van der Waals surface area (Å²) in [7, 11) is 1.99. The molecule has 0 spiro atoms. The fourth-order valence-electron chi connectivity index (χ4n) is 4.98. The largest absolute Gasteiger partial charge is 0.507 e. The number of pyridine rings is 1. The van der Waals surface area contributed by atoms with Crippen LogP contribution in [0.2, 0.25) is 0 Å². The summed E-state index contributed by atoms with van der Waals surface area (Å²) in [5.74, 6) is 1.72. The highest BCUT2D eigenvalue weighted by molar-refractivity contribution is 6.15. The number of hydrogen-bond donors (Lipinski definition) is 1. The Labute approximate surface area is 203 Å². The molecule has 4 heterocycles. The van der Waals surface area contributed by atoms with Crippen molar-refractivity contribution in [3.05, 3.63) is 89.4 Å². The van der Waals surface area contributed by atoms with Gasteiger partial charge in [0.2, 0.25) is 5.78 Å². The van der Waals surface area contributed by atoms with E-state index in [-0.39, 0.29) is 17.3 Å². The molecule has 6 rings (SSSR count). The summed E-state index contributed by atoms with van der Waals surface area (Å²) in [6.45, 7) is 3.86. The van der Waals surface area contributed by atoms with Crippen molar-refractivity contribution < 1.29 is 14.6 Å². The Morgan fingerprint density at radius 3 is 2.63 bits per heavy atom. The standard InChI is InChI=1S/C28H26N4O3/c1-30-17-19(20-6-2-3-7-23(20)30)16-25-27(34)21-9-10-24(33)22(28(21)35-25)18-31-12-14-32(15-13-31)26-8-4-5-11-29-26/h2-11,16-17,33H,12-15,18H2,1H3/b25-16+. The van der Waals surface area contributed by atoms with Crippen LogP contribution in [-0.4, -0.2) is 51.5 Å². The number of benzene rings is 2. The predicted molar refractivity (Wildman–Crippen MR) is 136 cm³/mol. The number of ketones is 1. The average molecular weight is 467 g/mol. The summed E-state index contributed by atoms with van der Waals surface area (Å²) in [6.07, 6.45) is 5.61. The van der Waals surface area contributed by atoms with Crippen molar-refractivity contribution in [2.45, 2.75) is 6.54 Å². The van der Waals surface area contributed by atoms with Crippen LogP contribution in [0.15, 0.2) is 72.8 Å². The van der Waals surface area contributed by atoms with Gasteiger partial charge in [0.1, 0.15) is 17.3 Å². The van der Waals surface area contributed by atoms with E-state index in [1.54, 1.807) is 18.2 Å². The minimum Gasteiger partial charge on any atom is -0.507 e. The van der Waals surface area contributed by atoms with E-state index >= 15 is 0 Å². The van der Waals surface area contributed by atoms with E-state index < -0.39 is 0 Å². The minimum absolute atomic E-state index is 0.148. The molecule has 0 unspecified atom stereocenters. The van der Waals surface area contributed by atoms with E-state index in [1.165, 1.54) is 0 Å². The van der Waals surface area contributed by atoms with Crippen LogP contribution < -0.4 is 9.64 Å². The van der Waals surface area contributed by atoms with E-state index in [1.807, 2.05) is 66.5 Å².